The third-order valence-electron chi connectivity index (χ3n) is 6.06. The number of ether oxygens (including phenoxy) is 2. The third-order valence-corrected chi connectivity index (χ3v) is 6.06. The number of hydroxylamine groups is 1. The Morgan fingerprint density at radius 1 is 1.16 bits per heavy atom. The zero-order valence-corrected chi connectivity index (χ0v) is 20.1. The molecule has 0 saturated carbocycles. The third kappa shape index (κ3) is 5.97. The molecule has 2 heterocycles. The summed E-state index contributed by atoms with van der Waals surface area (Å²) in [5.74, 6) is 0.741. The number of hydrogen-bond acceptors (Lipinski definition) is 7. The Labute approximate surface area is 213 Å². The zero-order valence-electron chi connectivity index (χ0n) is 20.1. The van der Waals surface area contributed by atoms with Crippen molar-refractivity contribution in [3.8, 4) is 18.1 Å². The topological polar surface area (TPSA) is 130 Å². The molecule has 0 unspecified atom stereocenters. The highest BCUT2D eigenvalue weighted by Crippen LogP contribution is 2.22. The average Bonchev–Trinajstić information content (AvgIpc) is 3.33. The lowest BCUT2D eigenvalue weighted by molar-refractivity contribution is -0.133. The molecule has 37 heavy (non-hydrogen) atoms. The quantitative estimate of drug-likeness (QED) is 0.257. The van der Waals surface area contributed by atoms with Crippen LogP contribution in [0.3, 0.4) is 0 Å². The van der Waals surface area contributed by atoms with E-state index in [4.69, 9.17) is 21.1 Å². The standard InChI is InChI=1S/C27H26N4O6/c1-3-12-36-27(34)31-14-22(26(33)30-35)24(15-31)29-25(32)18-8-10-20(11-9-18)37-16-19-13-17(2)28-23-7-5-4-6-21(19)23/h1,4-11,13,22,24,35H,12,14-16H2,2H3,(H,29,32)(H,30,33)/t22-,24+/m0/s1. The first-order valence-corrected chi connectivity index (χ1v) is 11.6. The normalized spacial score (nSPS) is 16.6. The molecule has 4 rings (SSSR count). The van der Waals surface area contributed by atoms with E-state index < -0.39 is 29.9 Å². The van der Waals surface area contributed by atoms with Crippen molar-refractivity contribution in [2.45, 2.75) is 19.6 Å². The fraction of sp³-hybridized carbons (Fsp3) is 0.259. The summed E-state index contributed by atoms with van der Waals surface area (Å²) < 4.78 is 10.8. The number of aromatic nitrogens is 1. The van der Waals surface area contributed by atoms with Crippen LogP contribution in [-0.2, 0) is 16.1 Å². The van der Waals surface area contributed by atoms with Gasteiger partial charge in [-0.05, 0) is 43.3 Å². The summed E-state index contributed by atoms with van der Waals surface area (Å²) in [5.41, 5.74) is 4.72. The molecule has 1 aromatic heterocycles. The van der Waals surface area contributed by atoms with Gasteiger partial charge in [0.1, 0.15) is 12.4 Å². The van der Waals surface area contributed by atoms with E-state index in [1.807, 2.05) is 37.3 Å². The number of rotatable bonds is 7. The molecule has 1 aliphatic rings. The minimum absolute atomic E-state index is 0.0216. The maximum absolute atomic E-state index is 12.9. The minimum Gasteiger partial charge on any atom is -0.489 e. The molecule has 10 nitrogen and oxygen atoms in total. The van der Waals surface area contributed by atoms with E-state index in [0.717, 1.165) is 22.2 Å². The van der Waals surface area contributed by atoms with E-state index in [2.05, 4.69) is 16.2 Å². The number of carbonyl (C=O) groups is 3. The van der Waals surface area contributed by atoms with Gasteiger partial charge in [-0.2, -0.15) is 0 Å². The van der Waals surface area contributed by atoms with Crippen LogP contribution < -0.4 is 15.5 Å². The molecule has 0 radical (unpaired) electrons. The predicted molar refractivity (Wildman–Crippen MR) is 134 cm³/mol. The summed E-state index contributed by atoms with van der Waals surface area (Å²) in [6.45, 7) is 2.03. The summed E-state index contributed by atoms with van der Waals surface area (Å²) in [5, 5.41) is 12.8. The van der Waals surface area contributed by atoms with Gasteiger partial charge in [0, 0.05) is 35.3 Å². The van der Waals surface area contributed by atoms with Crippen LogP contribution in [0, 0.1) is 25.2 Å². The summed E-state index contributed by atoms with van der Waals surface area (Å²) in [6.07, 6.45) is 4.40. The molecule has 0 spiro atoms. The van der Waals surface area contributed by atoms with Crippen LogP contribution >= 0.6 is 0 Å². The van der Waals surface area contributed by atoms with Crippen molar-refractivity contribution in [1.29, 1.82) is 0 Å². The van der Waals surface area contributed by atoms with Crippen LogP contribution in [0.25, 0.3) is 10.9 Å². The average molecular weight is 503 g/mol. The molecule has 3 amide bonds. The number of nitrogens with one attached hydrogen (secondary N) is 2. The number of nitrogens with zero attached hydrogens (tertiary/aromatic N) is 2. The van der Waals surface area contributed by atoms with Crippen molar-refractivity contribution in [1.82, 2.24) is 20.7 Å². The van der Waals surface area contributed by atoms with Crippen LogP contribution in [0.2, 0.25) is 0 Å². The fourth-order valence-corrected chi connectivity index (χ4v) is 4.27. The van der Waals surface area contributed by atoms with Gasteiger partial charge in [-0.15, -0.1) is 6.42 Å². The first-order valence-electron chi connectivity index (χ1n) is 11.6. The number of carbonyl (C=O) groups excluding carboxylic acids is 3. The number of aryl methyl sites for hydroxylation is 1. The molecule has 3 aromatic rings. The minimum atomic E-state index is -0.867. The largest absolute Gasteiger partial charge is 0.489 e. The van der Waals surface area contributed by atoms with Crippen LogP contribution in [-0.4, -0.2) is 58.7 Å². The van der Waals surface area contributed by atoms with Gasteiger partial charge in [-0.3, -0.25) is 19.8 Å². The number of fused-ring (bicyclic) bond motifs is 1. The van der Waals surface area contributed by atoms with E-state index in [0.29, 0.717) is 17.9 Å². The maximum atomic E-state index is 12.9. The van der Waals surface area contributed by atoms with Crippen molar-refractivity contribution >= 4 is 28.8 Å². The van der Waals surface area contributed by atoms with Gasteiger partial charge in [0.15, 0.2) is 6.61 Å². The van der Waals surface area contributed by atoms with E-state index in [1.54, 1.807) is 29.7 Å². The molecule has 10 heteroatoms. The second kappa shape index (κ2) is 11.4. The Bertz CT molecular complexity index is 1350. The van der Waals surface area contributed by atoms with E-state index >= 15 is 0 Å². The summed E-state index contributed by atoms with van der Waals surface area (Å²) in [6, 6.07) is 15.7. The van der Waals surface area contributed by atoms with Gasteiger partial charge in [-0.1, -0.05) is 24.1 Å². The number of pyridine rings is 1. The highest BCUT2D eigenvalue weighted by atomic mass is 16.6. The molecular formula is C27H26N4O6. The van der Waals surface area contributed by atoms with Crippen molar-refractivity contribution in [2.75, 3.05) is 19.7 Å². The summed E-state index contributed by atoms with van der Waals surface area (Å²) in [7, 11) is 0. The first kappa shape index (κ1) is 25.5. The van der Waals surface area contributed by atoms with Crippen molar-refractivity contribution in [3.05, 3.63) is 71.4 Å². The Balaban J connectivity index is 1.40. The van der Waals surface area contributed by atoms with Crippen molar-refractivity contribution in [2.24, 2.45) is 5.92 Å². The second-order valence-electron chi connectivity index (χ2n) is 8.58. The number of likely N-dealkylation sites (tertiary alicyclic amines) is 1. The number of benzene rings is 2. The van der Waals surface area contributed by atoms with E-state index in [1.165, 1.54) is 4.90 Å². The summed E-state index contributed by atoms with van der Waals surface area (Å²) >= 11 is 0. The SMILES string of the molecule is C#CCOC(=O)N1C[C@H](C(=O)NO)[C@H](NC(=O)c2ccc(OCc3cc(C)nc4ccccc34)cc2)C1. The second-order valence-corrected chi connectivity index (χ2v) is 8.58. The molecule has 0 bridgehead atoms. The monoisotopic (exact) mass is 502 g/mol. The highest BCUT2D eigenvalue weighted by molar-refractivity contribution is 5.95. The molecular weight excluding hydrogens is 476 g/mol. The lowest BCUT2D eigenvalue weighted by atomic mass is 10.0. The van der Waals surface area contributed by atoms with Crippen LogP contribution in [0.1, 0.15) is 21.6 Å². The molecule has 2 aromatic carbocycles. The highest BCUT2D eigenvalue weighted by Gasteiger charge is 2.41. The van der Waals surface area contributed by atoms with Crippen molar-refractivity contribution in [3.63, 3.8) is 0 Å². The molecule has 3 N–H and O–H groups in total. The van der Waals surface area contributed by atoms with Crippen molar-refractivity contribution < 1.29 is 29.1 Å². The first-order chi connectivity index (χ1) is 17.9. The molecule has 1 saturated heterocycles. The van der Waals surface area contributed by atoms with E-state index in [9.17, 15) is 14.4 Å². The lowest BCUT2D eigenvalue weighted by Gasteiger charge is -2.18. The zero-order chi connectivity index (χ0) is 26.4. The lowest BCUT2D eigenvalue weighted by Crippen LogP contribution is -2.45. The van der Waals surface area contributed by atoms with Gasteiger partial charge in [0.2, 0.25) is 5.91 Å². The Hall–Kier alpha value is -4.62. The molecule has 0 aliphatic carbocycles. The van der Waals surface area contributed by atoms with Crippen LogP contribution in [0.5, 0.6) is 5.75 Å². The molecule has 2 atom stereocenters. The van der Waals surface area contributed by atoms with Gasteiger partial charge in [0.25, 0.3) is 5.91 Å². The summed E-state index contributed by atoms with van der Waals surface area (Å²) in [4.78, 5) is 42.9. The maximum Gasteiger partial charge on any atom is 0.410 e. The number of amides is 3. The smallest absolute Gasteiger partial charge is 0.410 e. The molecule has 190 valence electrons. The Morgan fingerprint density at radius 2 is 1.92 bits per heavy atom. The van der Waals surface area contributed by atoms with E-state index in [-0.39, 0.29) is 19.7 Å². The molecule has 1 fully saturated rings. The van der Waals surface area contributed by atoms with Crippen LogP contribution in [0.4, 0.5) is 4.79 Å². The van der Waals surface area contributed by atoms with Gasteiger partial charge in [0.05, 0.1) is 17.5 Å². The van der Waals surface area contributed by atoms with Gasteiger partial charge < -0.3 is 19.7 Å². The van der Waals surface area contributed by atoms with Gasteiger partial charge in [-0.25, -0.2) is 10.3 Å². The van der Waals surface area contributed by atoms with Gasteiger partial charge >= 0.3 is 6.09 Å². The number of para-hydroxylation sites is 1. The van der Waals surface area contributed by atoms with Crippen LogP contribution in [0.15, 0.2) is 54.6 Å². The number of hydrogen-bond donors (Lipinski definition) is 3. The Kier molecular flexibility index (Phi) is 7.86. The predicted octanol–water partition coefficient (Wildman–Crippen LogP) is 2.43. The molecule has 1 aliphatic heterocycles. The number of terminal acetylenes is 1. The Morgan fingerprint density at radius 3 is 2.65 bits per heavy atom. The fourth-order valence-electron chi connectivity index (χ4n) is 4.27.